The van der Waals surface area contributed by atoms with Crippen LogP contribution in [0, 0.1) is 0 Å². The molecule has 1 aliphatic heterocycles. The Kier molecular flexibility index (Phi) is 8.11. The molecule has 0 saturated carbocycles. The average molecular weight is 518 g/mol. The second-order valence-electron chi connectivity index (χ2n) is 7.29. The molecule has 33 heavy (non-hydrogen) atoms. The van der Waals surface area contributed by atoms with E-state index in [9.17, 15) is 9.59 Å². The zero-order valence-corrected chi connectivity index (χ0v) is 19.5. The van der Waals surface area contributed by atoms with Gasteiger partial charge in [-0.15, -0.1) is 0 Å². The molecular formula is C24H24BrNO7. The van der Waals surface area contributed by atoms with Gasteiger partial charge in [-0.25, -0.2) is 0 Å². The largest absolute Gasteiger partial charge is 0.487 e. The van der Waals surface area contributed by atoms with E-state index in [1.165, 1.54) is 18.2 Å². The van der Waals surface area contributed by atoms with Crippen molar-refractivity contribution < 1.29 is 28.5 Å². The molecule has 0 bridgehead atoms. The number of nitrogens with one attached hydrogen (secondary N) is 1. The van der Waals surface area contributed by atoms with Crippen molar-refractivity contribution in [3.05, 3.63) is 68.3 Å². The molecule has 2 aromatic rings. The minimum Gasteiger partial charge on any atom is -0.487 e. The van der Waals surface area contributed by atoms with Gasteiger partial charge in [-0.3, -0.25) is 9.59 Å². The highest BCUT2D eigenvalue weighted by Crippen LogP contribution is 2.34. The number of hydrogen-bond donors (Lipinski definition) is 1. The first-order valence-corrected chi connectivity index (χ1v) is 11.4. The van der Waals surface area contributed by atoms with Crippen LogP contribution in [0.4, 0.5) is 5.69 Å². The van der Waals surface area contributed by atoms with Crippen molar-refractivity contribution in [2.75, 3.05) is 58.2 Å². The summed E-state index contributed by atoms with van der Waals surface area (Å²) in [6, 6.07) is 9.97. The third-order valence-electron chi connectivity index (χ3n) is 4.91. The van der Waals surface area contributed by atoms with Crippen LogP contribution in [0.1, 0.15) is 15.9 Å². The van der Waals surface area contributed by atoms with Crippen molar-refractivity contribution in [1.29, 1.82) is 0 Å². The monoisotopic (exact) mass is 517 g/mol. The Morgan fingerprint density at radius 3 is 2.03 bits per heavy atom. The summed E-state index contributed by atoms with van der Waals surface area (Å²) in [4.78, 5) is 24.4. The number of halogens is 1. The molecule has 0 saturated heterocycles. The number of carbonyl (C=O) groups excluding carboxylic acids is 1. The van der Waals surface area contributed by atoms with Gasteiger partial charge in [-0.05, 0) is 30.3 Å². The number of benzene rings is 1. The van der Waals surface area contributed by atoms with Crippen LogP contribution in [0.25, 0.3) is 5.70 Å². The summed E-state index contributed by atoms with van der Waals surface area (Å²) < 4.78 is 28.8. The van der Waals surface area contributed by atoms with Crippen molar-refractivity contribution in [1.82, 2.24) is 0 Å². The molecule has 0 amide bonds. The SMILES string of the molecule is O=C1C=C(Nc2ccc3c(c2)OCCOCCOCCOCCO3)c2cc(Br)cc(=O)cc21. The number of carbonyl (C=O) groups is 1. The molecule has 1 heterocycles. The molecule has 1 aliphatic carbocycles. The van der Waals surface area contributed by atoms with E-state index in [-0.39, 0.29) is 11.2 Å². The van der Waals surface area contributed by atoms with Gasteiger partial charge in [0.05, 0.1) is 45.3 Å². The van der Waals surface area contributed by atoms with Gasteiger partial charge in [0.2, 0.25) is 0 Å². The number of allylic oxidation sites excluding steroid dienone is 1. The van der Waals surface area contributed by atoms with Gasteiger partial charge in [0, 0.05) is 33.4 Å². The number of ketones is 1. The predicted octanol–water partition coefficient (Wildman–Crippen LogP) is 3.28. The summed E-state index contributed by atoms with van der Waals surface area (Å²) in [5.41, 5.74) is 2.08. The molecule has 9 heteroatoms. The highest BCUT2D eigenvalue weighted by Gasteiger charge is 2.22. The van der Waals surface area contributed by atoms with E-state index in [4.69, 9.17) is 23.7 Å². The van der Waals surface area contributed by atoms with Gasteiger partial charge < -0.3 is 29.0 Å². The molecule has 2 aromatic carbocycles. The Bertz CT molecular complexity index is 1100. The molecule has 0 unspecified atom stereocenters. The van der Waals surface area contributed by atoms with Crippen LogP contribution in [0.3, 0.4) is 0 Å². The maximum atomic E-state index is 12.4. The van der Waals surface area contributed by atoms with Crippen molar-refractivity contribution in [3.8, 4) is 11.5 Å². The molecular weight excluding hydrogens is 494 g/mol. The fraction of sp³-hybridized carbons (Fsp3) is 0.333. The van der Waals surface area contributed by atoms with Gasteiger partial charge in [-0.1, -0.05) is 15.9 Å². The van der Waals surface area contributed by atoms with Gasteiger partial charge in [0.15, 0.2) is 22.7 Å². The lowest BCUT2D eigenvalue weighted by molar-refractivity contribution is 0.00708. The standard InChI is InChI=1S/C24H24BrNO7/c25-16-11-18(27)14-20-19(12-16)21(15-22(20)28)26-17-1-2-23-24(13-17)33-10-8-31-6-4-29-3-5-30-7-9-32-23/h1-2,11-15,26H,3-10H2. The number of rotatable bonds is 2. The zero-order valence-electron chi connectivity index (χ0n) is 17.9. The summed E-state index contributed by atoms with van der Waals surface area (Å²) in [5.74, 6) is 0.904. The molecule has 2 aliphatic rings. The maximum Gasteiger partial charge on any atom is 0.188 e. The van der Waals surface area contributed by atoms with Crippen LogP contribution in [0.15, 0.2) is 51.7 Å². The molecule has 0 aromatic heterocycles. The van der Waals surface area contributed by atoms with Gasteiger partial charge in [0.1, 0.15) is 13.2 Å². The Hall–Kier alpha value is -2.72. The number of fused-ring (bicyclic) bond motifs is 2. The van der Waals surface area contributed by atoms with Crippen molar-refractivity contribution in [2.24, 2.45) is 0 Å². The Labute approximate surface area is 199 Å². The van der Waals surface area contributed by atoms with Gasteiger partial charge in [-0.2, -0.15) is 0 Å². The first kappa shape index (κ1) is 23.4. The fourth-order valence-electron chi connectivity index (χ4n) is 3.41. The van der Waals surface area contributed by atoms with Gasteiger partial charge >= 0.3 is 0 Å². The minimum absolute atomic E-state index is 0.220. The highest BCUT2D eigenvalue weighted by atomic mass is 79.9. The summed E-state index contributed by atoms with van der Waals surface area (Å²) in [5, 5.41) is 3.26. The van der Waals surface area contributed by atoms with Crippen LogP contribution >= 0.6 is 15.9 Å². The van der Waals surface area contributed by atoms with E-state index in [1.54, 1.807) is 18.2 Å². The molecule has 4 rings (SSSR count). The molecule has 0 atom stereocenters. The van der Waals surface area contributed by atoms with E-state index in [0.29, 0.717) is 91.3 Å². The first-order chi connectivity index (χ1) is 16.1. The quantitative estimate of drug-likeness (QED) is 0.648. The minimum atomic E-state index is -0.239. The smallest absolute Gasteiger partial charge is 0.188 e. The second kappa shape index (κ2) is 11.4. The van der Waals surface area contributed by atoms with Crippen molar-refractivity contribution in [2.45, 2.75) is 0 Å². The molecule has 174 valence electrons. The number of hydrogen-bond acceptors (Lipinski definition) is 8. The number of anilines is 1. The molecule has 1 N–H and O–H groups in total. The third-order valence-corrected chi connectivity index (χ3v) is 5.37. The van der Waals surface area contributed by atoms with E-state index >= 15 is 0 Å². The Morgan fingerprint density at radius 2 is 1.33 bits per heavy atom. The molecule has 0 fully saturated rings. The van der Waals surface area contributed by atoms with Crippen molar-refractivity contribution in [3.63, 3.8) is 0 Å². The van der Waals surface area contributed by atoms with Crippen LogP contribution in [0.2, 0.25) is 0 Å². The Balaban J connectivity index is 1.53. The summed E-state index contributed by atoms with van der Waals surface area (Å²) >= 11 is 3.35. The highest BCUT2D eigenvalue weighted by molar-refractivity contribution is 9.10. The van der Waals surface area contributed by atoms with E-state index < -0.39 is 0 Å². The lowest BCUT2D eigenvalue weighted by atomic mass is 10.1. The summed E-state index contributed by atoms with van der Waals surface area (Å²) in [6.45, 7) is 3.54. The summed E-state index contributed by atoms with van der Waals surface area (Å²) in [6.07, 6.45) is 1.48. The van der Waals surface area contributed by atoms with E-state index in [2.05, 4.69) is 21.2 Å². The van der Waals surface area contributed by atoms with E-state index in [0.717, 1.165) is 0 Å². The topological polar surface area (TPSA) is 92.3 Å². The van der Waals surface area contributed by atoms with Crippen LogP contribution in [-0.4, -0.2) is 58.6 Å². The molecule has 0 radical (unpaired) electrons. The molecule has 8 nitrogen and oxygen atoms in total. The zero-order chi connectivity index (χ0) is 23.0. The van der Waals surface area contributed by atoms with Crippen molar-refractivity contribution >= 4 is 33.1 Å². The normalized spacial score (nSPS) is 17.4. The lowest BCUT2D eigenvalue weighted by Crippen LogP contribution is -2.13. The average Bonchev–Trinajstić information content (AvgIpc) is 2.95. The third kappa shape index (κ3) is 6.42. The van der Waals surface area contributed by atoms with Gasteiger partial charge in [0.25, 0.3) is 0 Å². The predicted molar refractivity (Wildman–Crippen MR) is 126 cm³/mol. The maximum absolute atomic E-state index is 12.4. The summed E-state index contributed by atoms with van der Waals surface area (Å²) in [7, 11) is 0. The second-order valence-corrected chi connectivity index (χ2v) is 8.21. The first-order valence-electron chi connectivity index (χ1n) is 10.6. The van der Waals surface area contributed by atoms with Crippen LogP contribution in [-0.2, 0) is 14.2 Å². The number of ether oxygens (including phenoxy) is 5. The molecule has 0 spiro atoms. The van der Waals surface area contributed by atoms with E-state index in [1.807, 2.05) is 6.07 Å². The fourth-order valence-corrected chi connectivity index (χ4v) is 3.86. The van der Waals surface area contributed by atoms with Crippen LogP contribution < -0.4 is 20.2 Å². The van der Waals surface area contributed by atoms with Crippen LogP contribution in [0.5, 0.6) is 11.5 Å². The lowest BCUT2D eigenvalue weighted by Gasteiger charge is -2.15. The Morgan fingerprint density at radius 1 is 0.697 bits per heavy atom.